The molecule has 0 aromatic carbocycles. The molecule has 1 aliphatic heterocycles. The first-order valence-electron chi connectivity index (χ1n) is 5.08. The molecule has 0 spiro atoms. The lowest BCUT2D eigenvalue weighted by molar-refractivity contribution is 0.148. The van der Waals surface area contributed by atoms with E-state index in [4.69, 9.17) is 4.74 Å². The molecule has 2 N–H and O–H groups in total. The number of sulfone groups is 1. The second-order valence-corrected chi connectivity index (χ2v) is 6.25. The van der Waals surface area contributed by atoms with Crippen molar-refractivity contribution in [3.63, 3.8) is 0 Å². The van der Waals surface area contributed by atoms with Crippen LogP contribution in [0.25, 0.3) is 0 Å². The van der Waals surface area contributed by atoms with Crippen molar-refractivity contribution in [1.82, 2.24) is 5.32 Å². The highest BCUT2D eigenvalue weighted by Gasteiger charge is 2.36. The van der Waals surface area contributed by atoms with Crippen molar-refractivity contribution >= 4 is 9.84 Å². The van der Waals surface area contributed by atoms with E-state index in [-0.39, 0.29) is 23.6 Å². The van der Waals surface area contributed by atoms with Crippen LogP contribution < -0.4 is 5.32 Å². The fourth-order valence-electron chi connectivity index (χ4n) is 1.73. The van der Waals surface area contributed by atoms with E-state index in [2.05, 4.69) is 5.32 Å². The summed E-state index contributed by atoms with van der Waals surface area (Å²) in [5.41, 5.74) is 0. The average Bonchev–Trinajstić information content (AvgIpc) is 2.36. The van der Waals surface area contributed by atoms with E-state index in [1.807, 2.05) is 6.92 Å². The van der Waals surface area contributed by atoms with Gasteiger partial charge >= 0.3 is 0 Å². The largest absolute Gasteiger partial charge is 0.390 e. The Hall–Kier alpha value is -0.170. The lowest BCUT2D eigenvalue weighted by atomic mass is 10.1. The van der Waals surface area contributed by atoms with E-state index in [1.165, 1.54) is 0 Å². The summed E-state index contributed by atoms with van der Waals surface area (Å²) in [6, 6.07) is -0.181. The molecule has 0 aromatic heterocycles. The van der Waals surface area contributed by atoms with Crippen LogP contribution in [0.5, 0.6) is 0 Å². The first kappa shape index (κ1) is 12.9. The second kappa shape index (κ2) is 5.25. The van der Waals surface area contributed by atoms with Gasteiger partial charge in [0, 0.05) is 25.8 Å². The van der Waals surface area contributed by atoms with Gasteiger partial charge in [0.2, 0.25) is 0 Å². The monoisotopic (exact) mass is 237 g/mol. The van der Waals surface area contributed by atoms with E-state index in [0.29, 0.717) is 6.61 Å². The zero-order valence-corrected chi connectivity index (χ0v) is 9.96. The molecule has 0 amide bonds. The highest BCUT2D eigenvalue weighted by atomic mass is 32.2. The number of hydrogen-bond acceptors (Lipinski definition) is 5. The Kier molecular flexibility index (Phi) is 4.51. The van der Waals surface area contributed by atoms with Gasteiger partial charge in [0.15, 0.2) is 9.84 Å². The highest BCUT2D eigenvalue weighted by molar-refractivity contribution is 7.91. The summed E-state index contributed by atoms with van der Waals surface area (Å²) < 4.78 is 27.4. The van der Waals surface area contributed by atoms with Gasteiger partial charge in [-0.25, -0.2) is 8.42 Å². The maximum absolute atomic E-state index is 11.2. The third kappa shape index (κ3) is 4.06. The van der Waals surface area contributed by atoms with Crippen molar-refractivity contribution < 1.29 is 18.3 Å². The maximum Gasteiger partial charge on any atom is 0.154 e. The number of ether oxygens (including phenoxy) is 1. The molecule has 0 bridgehead atoms. The van der Waals surface area contributed by atoms with E-state index in [0.717, 1.165) is 6.42 Å². The molecule has 1 fully saturated rings. The molecule has 0 aromatic rings. The Morgan fingerprint density at radius 2 is 2.20 bits per heavy atom. The summed E-state index contributed by atoms with van der Waals surface area (Å²) in [5.74, 6) is -0.0901. The van der Waals surface area contributed by atoms with Gasteiger partial charge in [0.05, 0.1) is 17.6 Å². The SMILES string of the molecule is COCCC(C)NC1CS(=O)(=O)CC1O. The third-order valence-electron chi connectivity index (χ3n) is 2.58. The molecule has 1 heterocycles. The van der Waals surface area contributed by atoms with E-state index < -0.39 is 15.9 Å². The van der Waals surface area contributed by atoms with Gasteiger partial charge in [-0.2, -0.15) is 0 Å². The minimum absolute atomic E-state index is 0.0332. The Morgan fingerprint density at radius 3 is 2.67 bits per heavy atom. The predicted molar refractivity (Wildman–Crippen MR) is 57.5 cm³/mol. The molecule has 90 valence electrons. The average molecular weight is 237 g/mol. The minimum atomic E-state index is -3.05. The van der Waals surface area contributed by atoms with Gasteiger partial charge in [-0.3, -0.25) is 0 Å². The molecule has 0 aliphatic carbocycles. The normalized spacial score (nSPS) is 31.7. The van der Waals surface area contributed by atoms with E-state index in [1.54, 1.807) is 7.11 Å². The summed E-state index contributed by atoms with van der Waals surface area (Å²) in [7, 11) is -1.43. The highest BCUT2D eigenvalue weighted by Crippen LogP contribution is 2.13. The fraction of sp³-hybridized carbons (Fsp3) is 1.00. The maximum atomic E-state index is 11.2. The number of aliphatic hydroxyl groups excluding tert-OH is 1. The van der Waals surface area contributed by atoms with Gasteiger partial charge in [-0.1, -0.05) is 0 Å². The van der Waals surface area contributed by atoms with Gasteiger partial charge in [0.25, 0.3) is 0 Å². The van der Waals surface area contributed by atoms with Crippen LogP contribution in [-0.2, 0) is 14.6 Å². The van der Waals surface area contributed by atoms with Crippen molar-refractivity contribution in [3.8, 4) is 0 Å². The van der Waals surface area contributed by atoms with Crippen molar-refractivity contribution in [2.45, 2.75) is 31.5 Å². The van der Waals surface area contributed by atoms with Crippen LogP contribution >= 0.6 is 0 Å². The zero-order chi connectivity index (χ0) is 11.5. The predicted octanol–water partition coefficient (Wildman–Crippen LogP) is -0.841. The first-order valence-corrected chi connectivity index (χ1v) is 6.90. The Morgan fingerprint density at radius 1 is 1.53 bits per heavy atom. The zero-order valence-electron chi connectivity index (χ0n) is 9.14. The molecular formula is C9H19NO4S. The number of methoxy groups -OCH3 is 1. The molecule has 0 saturated carbocycles. The van der Waals surface area contributed by atoms with Gasteiger partial charge < -0.3 is 15.2 Å². The van der Waals surface area contributed by atoms with Crippen molar-refractivity contribution in [2.75, 3.05) is 25.2 Å². The lowest BCUT2D eigenvalue weighted by Crippen LogP contribution is -2.44. The van der Waals surface area contributed by atoms with Crippen LogP contribution in [0, 0.1) is 0 Å². The van der Waals surface area contributed by atoms with Crippen LogP contribution in [0.4, 0.5) is 0 Å². The number of nitrogens with one attached hydrogen (secondary N) is 1. The molecule has 1 rings (SSSR count). The Bertz CT molecular complexity index is 290. The number of aliphatic hydroxyl groups is 1. The van der Waals surface area contributed by atoms with Gasteiger partial charge in [0.1, 0.15) is 0 Å². The topological polar surface area (TPSA) is 75.6 Å². The molecular weight excluding hydrogens is 218 g/mol. The smallest absolute Gasteiger partial charge is 0.154 e. The van der Waals surface area contributed by atoms with Crippen molar-refractivity contribution in [1.29, 1.82) is 0 Å². The first-order chi connectivity index (χ1) is 6.94. The Labute approximate surface area is 90.7 Å². The summed E-state index contributed by atoms with van der Waals surface area (Å²) in [6.45, 7) is 2.58. The third-order valence-corrected chi connectivity index (χ3v) is 4.29. The van der Waals surface area contributed by atoms with Crippen LogP contribution in [0.2, 0.25) is 0 Å². The standard InChI is InChI=1S/C9H19NO4S/c1-7(3-4-14-2)10-8-5-15(12,13)6-9(8)11/h7-11H,3-6H2,1-2H3. The molecule has 15 heavy (non-hydrogen) atoms. The van der Waals surface area contributed by atoms with E-state index >= 15 is 0 Å². The number of rotatable bonds is 5. The Balaban J connectivity index is 2.39. The van der Waals surface area contributed by atoms with Crippen molar-refractivity contribution in [2.24, 2.45) is 0 Å². The summed E-state index contributed by atoms with van der Waals surface area (Å²) in [4.78, 5) is 0. The van der Waals surface area contributed by atoms with Crippen molar-refractivity contribution in [3.05, 3.63) is 0 Å². The molecule has 3 unspecified atom stereocenters. The molecule has 0 radical (unpaired) electrons. The van der Waals surface area contributed by atoms with Crippen LogP contribution in [0.1, 0.15) is 13.3 Å². The quantitative estimate of drug-likeness (QED) is 0.652. The molecule has 5 nitrogen and oxygen atoms in total. The van der Waals surface area contributed by atoms with Crippen LogP contribution in [0.15, 0.2) is 0 Å². The van der Waals surface area contributed by atoms with Crippen LogP contribution in [0.3, 0.4) is 0 Å². The van der Waals surface area contributed by atoms with E-state index in [9.17, 15) is 13.5 Å². The molecule has 1 aliphatic rings. The number of hydrogen-bond donors (Lipinski definition) is 2. The fourth-order valence-corrected chi connectivity index (χ4v) is 3.49. The summed E-state index contributed by atoms with van der Waals surface area (Å²) in [6.07, 6.45) is 0.0275. The molecule has 1 saturated heterocycles. The van der Waals surface area contributed by atoms with Gasteiger partial charge in [-0.15, -0.1) is 0 Å². The van der Waals surface area contributed by atoms with Crippen LogP contribution in [-0.4, -0.2) is 56.9 Å². The molecule has 3 atom stereocenters. The lowest BCUT2D eigenvalue weighted by Gasteiger charge is -2.20. The van der Waals surface area contributed by atoms with Gasteiger partial charge in [-0.05, 0) is 13.3 Å². The summed E-state index contributed by atoms with van der Waals surface area (Å²) in [5, 5.41) is 12.6. The molecule has 6 heteroatoms. The summed E-state index contributed by atoms with van der Waals surface area (Å²) >= 11 is 0. The second-order valence-electron chi connectivity index (χ2n) is 4.10. The minimum Gasteiger partial charge on any atom is -0.390 e.